The molecule has 0 atom stereocenters. The number of hydrogen-bond acceptors (Lipinski definition) is 2. The van der Waals surface area contributed by atoms with Crippen LogP contribution in [0.4, 0.5) is 18.9 Å². The van der Waals surface area contributed by atoms with E-state index in [9.17, 15) is 18.0 Å². The fourth-order valence-corrected chi connectivity index (χ4v) is 1.93. The third-order valence-corrected chi connectivity index (χ3v) is 3.20. The Balaban J connectivity index is 2.55. The fraction of sp³-hybridized carbons (Fsp3) is 0.533. The van der Waals surface area contributed by atoms with Crippen LogP contribution in [0.2, 0.25) is 0 Å². The predicted molar refractivity (Wildman–Crippen MR) is 77.0 cm³/mol. The van der Waals surface area contributed by atoms with Gasteiger partial charge in [-0.05, 0) is 44.0 Å². The number of unbranched alkanes of at least 4 members (excludes halogenated alkanes) is 3. The van der Waals surface area contributed by atoms with Crippen molar-refractivity contribution >= 4 is 11.6 Å². The molecule has 0 bridgehead atoms. The number of carbonyl (C=O) groups excluding carboxylic acids is 1. The van der Waals surface area contributed by atoms with Gasteiger partial charge < -0.3 is 11.1 Å². The fourth-order valence-electron chi connectivity index (χ4n) is 1.93. The van der Waals surface area contributed by atoms with Crippen molar-refractivity contribution in [1.82, 2.24) is 0 Å². The first-order valence-electron chi connectivity index (χ1n) is 7.02. The van der Waals surface area contributed by atoms with E-state index < -0.39 is 11.7 Å². The summed E-state index contributed by atoms with van der Waals surface area (Å²) in [5.41, 5.74) is 5.44. The average Bonchev–Trinajstić information content (AvgIpc) is 2.40. The zero-order valence-electron chi connectivity index (χ0n) is 12.1. The van der Waals surface area contributed by atoms with Gasteiger partial charge in [-0.1, -0.05) is 18.9 Å². The Labute approximate surface area is 122 Å². The number of rotatable bonds is 7. The summed E-state index contributed by atoms with van der Waals surface area (Å²) in [6.07, 6.45) is -0.605. The summed E-state index contributed by atoms with van der Waals surface area (Å²) in [6.45, 7) is 2.30. The van der Waals surface area contributed by atoms with Crippen LogP contribution in [0.1, 0.15) is 43.2 Å². The molecule has 0 aliphatic carbocycles. The number of nitrogens with two attached hydrogens (primary N) is 1. The second-order valence-electron chi connectivity index (χ2n) is 5.03. The Morgan fingerprint density at radius 2 is 1.86 bits per heavy atom. The number of amides is 1. The van der Waals surface area contributed by atoms with Gasteiger partial charge >= 0.3 is 6.18 Å². The van der Waals surface area contributed by atoms with Crippen molar-refractivity contribution < 1.29 is 18.0 Å². The molecule has 6 heteroatoms. The molecule has 0 aliphatic rings. The molecule has 0 heterocycles. The minimum absolute atomic E-state index is 0.219. The van der Waals surface area contributed by atoms with Gasteiger partial charge in [-0.15, -0.1) is 0 Å². The highest BCUT2D eigenvalue weighted by molar-refractivity contribution is 5.91. The number of nitrogens with one attached hydrogen (secondary N) is 1. The molecule has 0 fully saturated rings. The van der Waals surface area contributed by atoms with Gasteiger partial charge in [0.25, 0.3) is 0 Å². The monoisotopic (exact) mass is 302 g/mol. The first-order valence-corrected chi connectivity index (χ1v) is 7.02. The van der Waals surface area contributed by atoms with E-state index in [1.165, 1.54) is 6.07 Å². The number of hydrogen-bond donors (Lipinski definition) is 2. The van der Waals surface area contributed by atoms with Crippen molar-refractivity contribution in [2.45, 2.75) is 45.2 Å². The minimum atomic E-state index is -4.41. The maximum atomic E-state index is 12.6. The second-order valence-corrected chi connectivity index (χ2v) is 5.03. The van der Waals surface area contributed by atoms with Gasteiger partial charge in [-0.25, -0.2) is 0 Å². The predicted octanol–water partition coefficient (Wildman–Crippen LogP) is 3.86. The van der Waals surface area contributed by atoms with Crippen LogP contribution >= 0.6 is 0 Å². The van der Waals surface area contributed by atoms with Gasteiger partial charge in [0, 0.05) is 12.1 Å². The van der Waals surface area contributed by atoms with Gasteiger partial charge in [0.05, 0.1) is 5.56 Å². The summed E-state index contributed by atoms with van der Waals surface area (Å²) in [6, 6.07) is 3.35. The first kappa shape index (κ1) is 17.5. The molecule has 118 valence electrons. The van der Waals surface area contributed by atoms with E-state index in [-0.39, 0.29) is 11.6 Å². The molecular weight excluding hydrogens is 281 g/mol. The van der Waals surface area contributed by atoms with Crippen LogP contribution < -0.4 is 11.1 Å². The molecule has 0 spiro atoms. The Hall–Kier alpha value is -1.56. The van der Waals surface area contributed by atoms with Crippen LogP contribution in [-0.2, 0) is 11.0 Å². The number of halogens is 3. The maximum Gasteiger partial charge on any atom is 0.416 e. The summed E-state index contributed by atoms with van der Waals surface area (Å²) in [7, 11) is 0. The number of carbonyl (C=O) groups is 1. The van der Waals surface area contributed by atoms with Crippen LogP contribution in [0.3, 0.4) is 0 Å². The Morgan fingerprint density at radius 1 is 1.19 bits per heavy atom. The molecule has 0 aromatic heterocycles. The zero-order valence-corrected chi connectivity index (χ0v) is 12.1. The molecule has 1 aromatic carbocycles. The van der Waals surface area contributed by atoms with Crippen molar-refractivity contribution in [3.8, 4) is 0 Å². The van der Waals surface area contributed by atoms with Crippen LogP contribution in [0.15, 0.2) is 18.2 Å². The molecule has 21 heavy (non-hydrogen) atoms. The van der Waals surface area contributed by atoms with Crippen molar-refractivity contribution in [2.24, 2.45) is 5.73 Å². The van der Waals surface area contributed by atoms with Crippen LogP contribution in [0.25, 0.3) is 0 Å². The van der Waals surface area contributed by atoms with Crippen molar-refractivity contribution in [1.29, 1.82) is 0 Å². The van der Waals surface area contributed by atoms with E-state index in [0.29, 0.717) is 24.9 Å². The molecule has 0 unspecified atom stereocenters. The third-order valence-electron chi connectivity index (χ3n) is 3.20. The van der Waals surface area contributed by atoms with Gasteiger partial charge in [0.1, 0.15) is 0 Å². The lowest BCUT2D eigenvalue weighted by Crippen LogP contribution is -2.13. The molecule has 3 N–H and O–H groups in total. The Bertz CT molecular complexity index is 472. The SMILES string of the molecule is Cc1ccc(C(F)(F)F)cc1NC(=O)CCCCCCN. The van der Waals surface area contributed by atoms with Gasteiger partial charge in [0.15, 0.2) is 0 Å². The Kier molecular flexibility index (Phi) is 6.68. The quantitative estimate of drug-likeness (QED) is 0.751. The van der Waals surface area contributed by atoms with Crippen LogP contribution in [0.5, 0.6) is 0 Å². The molecule has 1 rings (SSSR count). The number of anilines is 1. The molecule has 0 saturated heterocycles. The van der Waals surface area contributed by atoms with E-state index >= 15 is 0 Å². The topological polar surface area (TPSA) is 55.1 Å². The molecule has 1 amide bonds. The smallest absolute Gasteiger partial charge is 0.330 e. The van der Waals surface area contributed by atoms with Crippen molar-refractivity contribution in [3.63, 3.8) is 0 Å². The van der Waals surface area contributed by atoms with E-state index in [1.807, 2.05) is 0 Å². The zero-order chi connectivity index (χ0) is 15.9. The third kappa shape index (κ3) is 6.16. The van der Waals surface area contributed by atoms with Crippen LogP contribution in [0, 0.1) is 6.92 Å². The molecule has 0 aliphatic heterocycles. The summed E-state index contributed by atoms with van der Waals surface area (Å²) in [5, 5.41) is 2.55. The second kappa shape index (κ2) is 8.02. The Morgan fingerprint density at radius 3 is 2.48 bits per heavy atom. The highest BCUT2D eigenvalue weighted by Crippen LogP contribution is 2.32. The van der Waals surface area contributed by atoms with E-state index in [2.05, 4.69) is 5.32 Å². The summed E-state index contributed by atoms with van der Waals surface area (Å²) < 4.78 is 37.9. The molecule has 0 saturated carbocycles. The standard InChI is InChI=1S/C15H21F3N2O/c1-11-7-8-12(15(16,17)18)10-13(11)20-14(21)6-4-2-3-5-9-19/h7-8,10H,2-6,9,19H2,1H3,(H,20,21). The molecule has 3 nitrogen and oxygen atoms in total. The minimum Gasteiger partial charge on any atom is -0.330 e. The van der Waals surface area contributed by atoms with Gasteiger partial charge in [-0.2, -0.15) is 13.2 Å². The lowest BCUT2D eigenvalue weighted by molar-refractivity contribution is -0.137. The lowest BCUT2D eigenvalue weighted by Gasteiger charge is -2.12. The normalized spacial score (nSPS) is 11.5. The average molecular weight is 302 g/mol. The van der Waals surface area contributed by atoms with E-state index in [0.717, 1.165) is 31.4 Å². The highest BCUT2D eigenvalue weighted by Gasteiger charge is 2.30. The van der Waals surface area contributed by atoms with Gasteiger partial charge in [-0.3, -0.25) is 4.79 Å². The lowest BCUT2D eigenvalue weighted by atomic mass is 10.1. The number of alkyl halides is 3. The van der Waals surface area contributed by atoms with Gasteiger partial charge in [0.2, 0.25) is 5.91 Å². The number of aryl methyl sites for hydroxylation is 1. The van der Waals surface area contributed by atoms with Crippen molar-refractivity contribution in [3.05, 3.63) is 29.3 Å². The summed E-state index contributed by atoms with van der Waals surface area (Å²) in [4.78, 5) is 11.7. The van der Waals surface area contributed by atoms with Crippen LogP contribution in [-0.4, -0.2) is 12.5 Å². The molecule has 0 radical (unpaired) electrons. The van der Waals surface area contributed by atoms with E-state index in [1.54, 1.807) is 6.92 Å². The first-order chi connectivity index (χ1) is 9.84. The summed E-state index contributed by atoms with van der Waals surface area (Å²) in [5.74, 6) is -0.259. The largest absolute Gasteiger partial charge is 0.416 e. The van der Waals surface area contributed by atoms with E-state index in [4.69, 9.17) is 5.73 Å². The van der Waals surface area contributed by atoms with Crippen molar-refractivity contribution in [2.75, 3.05) is 11.9 Å². The highest BCUT2D eigenvalue weighted by atomic mass is 19.4. The summed E-state index contributed by atoms with van der Waals surface area (Å²) >= 11 is 0. The molecular formula is C15H21F3N2O. The molecule has 1 aromatic rings. The maximum absolute atomic E-state index is 12.6. The number of benzene rings is 1.